The minimum absolute atomic E-state index is 0.176. The number of hydrogen-bond acceptors (Lipinski definition) is 7. The fourth-order valence-corrected chi connectivity index (χ4v) is 3.34. The molecule has 0 radical (unpaired) electrons. The van der Waals surface area contributed by atoms with Gasteiger partial charge in [0.1, 0.15) is 6.54 Å². The Hall–Kier alpha value is -2.19. The van der Waals surface area contributed by atoms with Crippen LogP contribution >= 0.6 is 23.4 Å². The molecule has 0 aromatic heterocycles. The molecule has 0 N–H and O–H groups in total. The Morgan fingerprint density at radius 1 is 1.27 bits per heavy atom. The minimum Gasteiger partial charge on any atom is -0.493 e. The van der Waals surface area contributed by atoms with E-state index in [4.69, 9.17) is 25.8 Å². The van der Waals surface area contributed by atoms with Crippen molar-refractivity contribution in [3.63, 3.8) is 0 Å². The second-order valence-electron chi connectivity index (χ2n) is 5.04. The van der Waals surface area contributed by atoms with E-state index in [1.54, 1.807) is 19.1 Å². The van der Waals surface area contributed by atoms with Crippen molar-refractivity contribution in [2.45, 2.75) is 13.8 Å². The highest BCUT2D eigenvalue weighted by molar-refractivity contribution is 8.18. The van der Waals surface area contributed by atoms with Gasteiger partial charge in [-0.15, -0.1) is 0 Å². The van der Waals surface area contributed by atoms with Crippen molar-refractivity contribution in [1.29, 1.82) is 0 Å². The van der Waals surface area contributed by atoms with E-state index in [2.05, 4.69) is 0 Å². The second-order valence-corrected chi connectivity index (χ2v) is 6.44. The molecule has 1 aromatic carbocycles. The van der Waals surface area contributed by atoms with Crippen LogP contribution in [0.5, 0.6) is 11.5 Å². The van der Waals surface area contributed by atoms with Crippen molar-refractivity contribution >= 4 is 46.6 Å². The van der Waals surface area contributed by atoms with Crippen LogP contribution in [0.25, 0.3) is 6.08 Å². The number of esters is 1. The molecule has 2 amide bonds. The van der Waals surface area contributed by atoms with E-state index in [0.29, 0.717) is 28.7 Å². The number of amides is 2. The molecule has 0 spiro atoms. The molecule has 0 aliphatic carbocycles. The number of methoxy groups -OCH3 is 1. The van der Waals surface area contributed by atoms with Crippen LogP contribution in [0.3, 0.4) is 0 Å². The fraction of sp³-hybridized carbons (Fsp3) is 0.353. The van der Waals surface area contributed by atoms with Gasteiger partial charge in [0.05, 0.1) is 30.3 Å². The molecule has 1 aliphatic rings. The van der Waals surface area contributed by atoms with E-state index in [1.165, 1.54) is 13.2 Å². The number of nitrogens with zero attached hydrogens (tertiary/aromatic N) is 1. The van der Waals surface area contributed by atoms with E-state index >= 15 is 0 Å². The average Bonchev–Trinajstić information content (AvgIpc) is 2.84. The minimum atomic E-state index is -0.637. The average molecular weight is 400 g/mol. The predicted molar refractivity (Wildman–Crippen MR) is 98.5 cm³/mol. The first-order valence-electron chi connectivity index (χ1n) is 7.82. The molecule has 1 saturated heterocycles. The SMILES string of the molecule is CCOC(=O)CN1C(=O)S/C(=C\c2cc(Cl)c(OCC)c(OC)c2)C1=O. The zero-order chi connectivity index (χ0) is 19.3. The third kappa shape index (κ3) is 4.50. The molecule has 1 fully saturated rings. The van der Waals surface area contributed by atoms with Gasteiger partial charge in [-0.05, 0) is 49.4 Å². The van der Waals surface area contributed by atoms with E-state index in [9.17, 15) is 14.4 Å². The van der Waals surface area contributed by atoms with E-state index in [1.807, 2.05) is 6.92 Å². The van der Waals surface area contributed by atoms with Crippen LogP contribution in [0.1, 0.15) is 19.4 Å². The highest BCUT2D eigenvalue weighted by atomic mass is 35.5. The number of imide groups is 1. The van der Waals surface area contributed by atoms with Gasteiger partial charge in [0.25, 0.3) is 11.1 Å². The third-order valence-electron chi connectivity index (χ3n) is 3.30. The summed E-state index contributed by atoms with van der Waals surface area (Å²) >= 11 is 6.96. The maximum absolute atomic E-state index is 12.4. The lowest BCUT2D eigenvalue weighted by atomic mass is 10.1. The monoisotopic (exact) mass is 399 g/mol. The normalized spacial score (nSPS) is 15.5. The molecule has 7 nitrogen and oxygen atoms in total. The summed E-state index contributed by atoms with van der Waals surface area (Å²) < 4.78 is 15.5. The van der Waals surface area contributed by atoms with Gasteiger partial charge in [0.15, 0.2) is 11.5 Å². The van der Waals surface area contributed by atoms with Crippen molar-refractivity contribution < 1.29 is 28.6 Å². The molecule has 0 unspecified atom stereocenters. The molecule has 1 heterocycles. The van der Waals surface area contributed by atoms with Crippen molar-refractivity contribution in [2.75, 3.05) is 26.9 Å². The number of ether oxygens (including phenoxy) is 3. The molecule has 2 rings (SSSR count). The zero-order valence-corrected chi connectivity index (χ0v) is 16.1. The Morgan fingerprint density at radius 2 is 2.00 bits per heavy atom. The van der Waals surface area contributed by atoms with Gasteiger partial charge in [-0.2, -0.15) is 0 Å². The second kappa shape index (κ2) is 8.95. The van der Waals surface area contributed by atoms with Crippen molar-refractivity contribution in [2.24, 2.45) is 0 Å². The first-order valence-corrected chi connectivity index (χ1v) is 9.02. The summed E-state index contributed by atoms with van der Waals surface area (Å²) in [6.45, 7) is 3.65. The number of carbonyl (C=O) groups is 3. The highest BCUT2D eigenvalue weighted by Gasteiger charge is 2.36. The molecular weight excluding hydrogens is 382 g/mol. The molecule has 9 heteroatoms. The maximum atomic E-state index is 12.4. The van der Waals surface area contributed by atoms with Crippen LogP contribution in [0.2, 0.25) is 5.02 Å². The van der Waals surface area contributed by atoms with Crippen molar-refractivity contribution in [3.8, 4) is 11.5 Å². The molecule has 1 aromatic rings. The Bertz CT molecular complexity index is 764. The Labute approximate surface area is 160 Å². The van der Waals surface area contributed by atoms with Crippen LogP contribution in [-0.4, -0.2) is 48.9 Å². The molecule has 0 atom stereocenters. The van der Waals surface area contributed by atoms with E-state index < -0.39 is 23.7 Å². The van der Waals surface area contributed by atoms with Gasteiger partial charge in [-0.25, -0.2) is 0 Å². The topological polar surface area (TPSA) is 82.1 Å². The Morgan fingerprint density at radius 3 is 2.62 bits per heavy atom. The lowest BCUT2D eigenvalue weighted by molar-refractivity contribution is -0.145. The summed E-state index contributed by atoms with van der Waals surface area (Å²) in [5.41, 5.74) is 0.567. The standard InChI is InChI=1S/C17H18ClNO6S/c1-4-24-14(20)9-19-16(21)13(26-17(19)22)8-10-6-11(18)15(25-5-2)12(7-10)23-3/h6-8H,4-5,9H2,1-3H3/b13-8-. The van der Waals surface area contributed by atoms with Crippen LogP contribution < -0.4 is 9.47 Å². The third-order valence-corrected chi connectivity index (χ3v) is 4.49. The number of carbonyl (C=O) groups excluding carboxylic acids is 3. The highest BCUT2D eigenvalue weighted by Crippen LogP contribution is 2.38. The van der Waals surface area contributed by atoms with Crippen LogP contribution in [0.4, 0.5) is 4.79 Å². The number of rotatable bonds is 7. The first kappa shape index (κ1) is 20.1. The summed E-state index contributed by atoms with van der Waals surface area (Å²) in [5, 5.41) is -0.207. The number of thioether (sulfide) groups is 1. The summed E-state index contributed by atoms with van der Waals surface area (Å²) in [7, 11) is 1.48. The lowest BCUT2D eigenvalue weighted by Gasteiger charge is -2.12. The molecular formula is C17H18ClNO6S. The van der Waals surface area contributed by atoms with Crippen molar-refractivity contribution in [1.82, 2.24) is 4.90 Å². The molecule has 1 aliphatic heterocycles. The van der Waals surface area contributed by atoms with Gasteiger partial charge in [-0.3, -0.25) is 19.3 Å². The van der Waals surface area contributed by atoms with Crippen LogP contribution in [0, 0.1) is 0 Å². The zero-order valence-electron chi connectivity index (χ0n) is 14.5. The van der Waals surface area contributed by atoms with E-state index in [-0.39, 0.29) is 11.5 Å². The predicted octanol–water partition coefficient (Wildman–Crippen LogP) is 3.35. The largest absolute Gasteiger partial charge is 0.493 e. The van der Waals surface area contributed by atoms with Gasteiger partial charge in [-0.1, -0.05) is 11.6 Å². The summed E-state index contributed by atoms with van der Waals surface area (Å²) in [6, 6.07) is 3.25. The van der Waals surface area contributed by atoms with E-state index in [0.717, 1.165) is 16.7 Å². The molecule has 0 saturated carbocycles. The lowest BCUT2D eigenvalue weighted by Crippen LogP contribution is -2.34. The molecule has 140 valence electrons. The number of halogens is 1. The summed E-state index contributed by atoms with van der Waals surface area (Å²) in [4.78, 5) is 37.0. The van der Waals surface area contributed by atoms with Gasteiger partial charge in [0.2, 0.25) is 0 Å². The van der Waals surface area contributed by atoms with Crippen LogP contribution in [-0.2, 0) is 14.3 Å². The molecule has 26 heavy (non-hydrogen) atoms. The maximum Gasteiger partial charge on any atom is 0.326 e. The van der Waals surface area contributed by atoms with Gasteiger partial charge >= 0.3 is 5.97 Å². The summed E-state index contributed by atoms with van der Waals surface area (Å²) in [5.74, 6) is -0.376. The number of hydrogen-bond donors (Lipinski definition) is 0. The fourth-order valence-electron chi connectivity index (χ4n) is 2.23. The quantitative estimate of drug-likeness (QED) is 0.513. The number of benzene rings is 1. The Kier molecular flexibility index (Phi) is 6.93. The van der Waals surface area contributed by atoms with Gasteiger partial charge < -0.3 is 14.2 Å². The first-order chi connectivity index (χ1) is 12.4. The van der Waals surface area contributed by atoms with Crippen molar-refractivity contribution in [3.05, 3.63) is 27.6 Å². The Balaban J connectivity index is 2.27. The molecule has 0 bridgehead atoms. The smallest absolute Gasteiger partial charge is 0.326 e. The van der Waals surface area contributed by atoms with Gasteiger partial charge in [0, 0.05) is 0 Å². The van der Waals surface area contributed by atoms with Crippen LogP contribution in [0.15, 0.2) is 17.0 Å². The summed E-state index contributed by atoms with van der Waals surface area (Å²) in [6.07, 6.45) is 1.51.